The Labute approximate surface area is 123 Å². The van der Waals surface area contributed by atoms with E-state index in [4.69, 9.17) is 5.11 Å². The maximum absolute atomic E-state index is 11.0. The monoisotopic (exact) mass is 285 g/mol. The van der Waals surface area contributed by atoms with Crippen LogP contribution in [0.2, 0.25) is 0 Å². The molecule has 2 heterocycles. The highest BCUT2D eigenvalue weighted by molar-refractivity contribution is 5.82. The highest BCUT2D eigenvalue weighted by Gasteiger charge is 2.25. The zero-order valence-electron chi connectivity index (χ0n) is 12.3. The van der Waals surface area contributed by atoms with Crippen molar-refractivity contribution in [3.8, 4) is 0 Å². The lowest BCUT2D eigenvalue weighted by molar-refractivity contribution is -0.142. The van der Waals surface area contributed by atoms with Crippen molar-refractivity contribution < 1.29 is 9.90 Å². The minimum Gasteiger partial charge on any atom is -0.481 e. The summed E-state index contributed by atoms with van der Waals surface area (Å²) >= 11 is 0. The van der Waals surface area contributed by atoms with E-state index < -0.39 is 5.97 Å². The van der Waals surface area contributed by atoms with Gasteiger partial charge in [-0.3, -0.25) is 4.79 Å². The first-order valence-corrected chi connectivity index (χ1v) is 7.27. The molecule has 0 aliphatic carbocycles. The number of aryl methyl sites for hydroxylation is 2. The van der Waals surface area contributed by atoms with E-state index in [2.05, 4.69) is 40.0 Å². The summed E-state index contributed by atoms with van der Waals surface area (Å²) in [5, 5.41) is 10.1. The smallest absolute Gasteiger partial charge is 0.306 e. The molecule has 1 saturated heterocycles. The molecule has 1 aliphatic heterocycles. The SMILES string of the molecule is Cc1ccc2c(C)nc(N3CCC(C(=O)O)CC3)nc2c1. The van der Waals surface area contributed by atoms with Crippen LogP contribution in [0.3, 0.4) is 0 Å². The first kappa shape index (κ1) is 13.8. The van der Waals surface area contributed by atoms with Crippen LogP contribution in [0.4, 0.5) is 5.95 Å². The average Bonchev–Trinajstić information content (AvgIpc) is 2.46. The Morgan fingerprint density at radius 1 is 1.24 bits per heavy atom. The number of fused-ring (bicyclic) bond motifs is 1. The maximum Gasteiger partial charge on any atom is 0.306 e. The Hall–Kier alpha value is -2.17. The van der Waals surface area contributed by atoms with Crippen molar-refractivity contribution in [2.24, 2.45) is 5.92 Å². The third-order valence-electron chi connectivity index (χ3n) is 4.16. The summed E-state index contributed by atoms with van der Waals surface area (Å²) in [7, 11) is 0. The molecule has 2 aromatic rings. The molecule has 0 atom stereocenters. The summed E-state index contributed by atoms with van der Waals surface area (Å²) in [6, 6.07) is 6.19. The number of benzene rings is 1. The predicted octanol–water partition coefficient (Wildman–Crippen LogP) is 2.55. The van der Waals surface area contributed by atoms with E-state index >= 15 is 0 Å². The van der Waals surface area contributed by atoms with E-state index in [1.807, 2.05) is 6.92 Å². The van der Waals surface area contributed by atoms with Crippen molar-refractivity contribution >= 4 is 22.8 Å². The number of piperidine rings is 1. The lowest BCUT2D eigenvalue weighted by atomic mass is 9.97. The first-order chi connectivity index (χ1) is 10.0. The van der Waals surface area contributed by atoms with Gasteiger partial charge in [0.05, 0.1) is 17.1 Å². The molecule has 1 aromatic carbocycles. The van der Waals surface area contributed by atoms with Gasteiger partial charge in [0.25, 0.3) is 0 Å². The normalized spacial score (nSPS) is 16.4. The second kappa shape index (κ2) is 5.31. The molecule has 0 unspecified atom stereocenters. The molecule has 5 nitrogen and oxygen atoms in total. The fraction of sp³-hybridized carbons (Fsp3) is 0.438. The largest absolute Gasteiger partial charge is 0.481 e. The molecular formula is C16H19N3O2. The van der Waals surface area contributed by atoms with Crippen LogP contribution in [0.5, 0.6) is 0 Å². The highest BCUT2D eigenvalue weighted by atomic mass is 16.4. The summed E-state index contributed by atoms with van der Waals surface area (Å²) < 4.78 is 0. The standard InChI is InChI=1S/C16H19N3O2/c1-10-3-4-13-11(2)17-16(18-14(13)9-10)19-7-5-12(6-8-19)15(20)21/h3-4,9,12H,5-8H2,1-2H3,(H,20,21). The lowest BCUT2D eigenvalue weighted by Crippen LogP contribution is -2.37. The molecule has 21 heavy (non-hydrogen) atoms. The molecular weight excluding hydrogens is 266 g/mol. The average molecular weight is 285 g/mol. The fourth-order valence-corrected chi connectivity index (χ4v) is 2.85. The number of aliphatic carboxylic acids is 1. The van der Waals surface area contributed by atoms with E-state index in [0.717, 1.165) is 22.5 Å². The van der Waals surface area contributed by atoms with Gasteiger partial charge >= 0.3 is 5.97 Å². The number of carboxylic acid groups (broad SMARTS) is 1. The zero-order valence-corrected chi connectivity index (χ0v) is 12.3. The van der Waals surface area contributed by atoms with Crippen molar-refractivity contribution in [2.45, 2.75) is 26.7 Å². The third kappa shape index (κ3) is 2.68. The number of aromatic nitrogens is 2. The second-order valence-corrected chi connectivity index (χ2v) is 5.73. The zero-order chi connectivity index (χ0) is 15.0. The number of carbonyl (C=O) groups is 1. The van der Waals surface area contributed by atoms with Gasteiger partial charge in [0.15, 0.2) is 0 Å². The van der Waals surface area contributed by atoms with Gasteiger partial charge in [-0.2, -0.15) is 0 Å². The topological polar surface area (TPSA) is 66.3 Å². The van der Waals surface area contributed by atoms with Crippen LogP contribution in [0.1, 0.15) is 24.1 Å². The van der Waals surface area contributed by atoms with Crippen molar-refractivity contribution in [3.63, 3.8) is 0 Å². The molecule has 1 aromatic heterocycles. The van der Waals surface area contributed by atoms with Crippen LogP contribution in [-0.2, 0) is 4.79 Å². The third-order valence-corrected chi connectivity index (χ3v) is 4.16. The number of nitrogens with zero attached hydrogens (tertiary/aromatic N) is 3. The van der Waals surface area contributed by atoms with Gasteiger partial charge in [0, 0.05) is 18.5 Å². The summed E-state index contributed by atoms with van der Waals surface area (Å²) in [6.45, 7) is 5.45. The van der Waals surface area contributed by atoms with E-state index in [1.54, 1.807) is 0 Å². The minimum absolute atomic E-state index is 0.231. The number of anilines is 1. The molecule has 0 amide bonds. The van der Waals surface area contributed by atoms with E-state index in [1.165, 1.54) is 5.56 Å². The Bertz CT molecular complexity index is 691. The molecule has 0 radical (unpaired) electrons. The molecule has 3 rings (SSSR count). The van der Waals surface area contributed by atoms with Gasteiger partial charge in [0.2, 0.25) is 5.95 Å². The number of rotatable bonds is 2. The van der Waals surface area contributed by atoms with Crippen LogP contribution in [0.15, 0.2) is 18.2 Å². The van der Waals surface area contributed by atoms with Gasteiger partial charge in [-0.1, -0.05) is 12.1 Å². The molecule has 1 N–H and O–H groups in total. The quantitative estimate of drug-likeness (QED) is 0.918. The molecule has 110 valence electrons. The van der Waals surface area contributed by atoms with Crippen LogP contribution < -0.4 is 4.90 Å². The van der Waals surface area contributed by atoms with Gasteiger partial charge in [0.1, 0.15) is 0 Å². The van der Waals surface area contributed by atoms with Crippen molar-refractivity contribution in [2.75, 3.05) is 18.0 Å². The summed E-state index contributed by atoms with van der Waals surface area (Å²) in [5.41, 5.74) is 3.10. The van der Waals surface area contributed by atoms with E-state index in [-0.39, 0.29) is 5.92 Å². The van der Waals surface area contributed by atoms with Crippen LogP contribution in [0.25, 0.3) is 10.9 Å². The first-order valence-electron chi connectivity index (χ1n) is 7.27. The second-order valence-electron chi connectivity index (χ2n) is 5.73. The van der Waals surface area contributed by atoms with Crippen LogP contribution >= 0.6 is 0 Å². The number of carboxylic acids is 1. The van der Waals surface area contributed by atoms with Gasteiger partial charge in [-0.25, -0.2) is 9.97 Å². The lowest BCUT2D eigenvalue weighted by Gasteiger charge is -2.30. The Kier molecular flexibility index (Phi) is 3.49. The maximum atomic E-state index is 11.0. The predicted molar refractivity (Wildman–Crippen MR) is 81.6 cm³/mol. The molecule has 5 heteroatoms. The summed E-state index contributed by atoms with van der Waals surface area (Å²) in [6.07, 6.45) is 1.31. The number of hydrogen-bond donors (Lipinski definition) is 1. The molecule has 0 bridgehead atoms. The molecule has 0 saturated carbocycles. The van der Waals surface area contributed by atoms with Crippen molar-refractivity contribution in [3.05, 3.63) is 29.5 Å². The highest BCUT2D eigenvalue weighted by Crippen LogP contribution is 2.24. The van der Waals surface area contributed by atoms with Crippen LogP contribution in [0, 0.1) is 19.8 Å². The van der Waals surface area contributed by atoms with E-state index in [9.17, 15) is 4.79 Å². The minimum atomic E-state index is -0.694. The van der Waals surface area contributed by atoms with Crippen LogP contribution in [-0.4, -0.2) is 34.1 Å². The molecule has 1 aliphatic rings. The summed E-state index contributed by atoms with van der Waals surface area (Å²) in [4.78, 5) is 22.4. The van der Waals surface area contributed by atoms with E-state index in [0.29, 0.717) is 25.9 Å². The summed E-state index contributed by atoms with van der Waals surface area (Å²) in [5.74, 6) is -0.208. The number of hydrogen-bond acceptors (Lipinski definition) is 4. The fourth-order valence-electron chi connectivity index (χ4n) is 2.85. The van der Waals surface area contributed by atoms with Gasteiger partial charge in [-0.15, -0.1) is 0 Å². The molecule has 0 spiro atoms. The van der Waals surface area contributed by atoms with Gasteiger partial charge in [-0.05, 0) is 38.3 Å². The van der Waals surface area contributed by atoms with Crippen molar-refractivity contribution in [1.82, 2.24) is 9.97 Å². The molecule has 1 fully saturated rings. The van der Waals surface area contributed by atoms with Gasteiger partial charge < -0.3 is 10.0 Å². The van der Waals surface area contributed by atoms with Crippen molar-refractivity contribution in [1.29, 1.82) is 0 Å². The Morgan fingerprint density at radius 2 is 1.95 bits per heavy atom. The Morgan fingerprint density at radius 3 is 2.62 bits per heavy atom. The Balaban J connectivity index is 1.89.